The summed E-state index contributed by atoms with van der Waals surface area (Å²) in [5.41, 5.74) is 0. The van der Waals surface area contributed by atoms with Crippen molar-refractivity contribution >= 4 is 0 Å². The second-order valence-corrected chi connectivity index (χ2v) is 0.372. The fraction of sp³-hybridized carbons (Fsp3) is 0. The van der Waals surface area contributed by atoms with E-state index in [0.29, 0.717) is 0 Å². The van der Waals surface area contributed by atoms with Crippen molar-refractivity contribution in [2.75, 3.05) is 0 Å². The van der Waals surface area contributed by atoms with Crippen molar-refractivity contribution in [1.82, 2.24) is 0 Å². The van der Waals surface area contributed by atoms with Crippen molar-refractivity contribution in [1.29, 1.82) is 0 Å². The Hall–Kier alpha value is 1.34. The van der Waals surface area contributed by atoms with Crippen molar-refractivity contribution in [3.05, 3.63) is 12.5 Å². The standard InChI is InChI=1S/C2H4O2.2Na/c1-2(3)4;;/h3-4H,1H2;;/q;2*+1/p-2. The van der Waals surface area contributed by atoms with E-state index in [9.17, 15) is 0 Å². The Labute approximate surface area is 80.8 Å². The van der Waals surface area contributed by atoms with Crippen LogP contribution in [-0.4, -0.2) is 0 Å². The van der Waals surface area contributed by atoms with E-state index in [1.165, 1.54) is 0 Å². The summed E-state index contributed by atoms with van der Waals surface area (Å²) in [7, 11) is 0. The van der Waals surface area contributed by atoms with Gasteiger partial charge in [0, 0.05) is 0 Å². The molecule has 0 heterocycles. The zero-order valence-electron chi connectivity index (χ0n) is 4.02. The van der Waals surface area contributed by atoms with Gasteiger partial charge in [0.2, 0.25) is 0 Å². The first-order valence-electron chi connectivity index (χ1n) is 0.762. The van der Waals surface area contributed by atoms with Gasteiger partial charge in [0.25, 0.3) is 0 Å². The van der Waals surface area contributed by atoms with E-state index in [-0.39, 0.29) is 59.1 Å². The molecule has 0 bridgehead atoms. The van der Waals surface area contributed by atoms with Crippen molar-refractivity contribution in [2.45, 2.75) is 0 Å². The average molecular weight is 104 g/mol. The largest absolute Gasteiger partial charge is 1.00 e. The molecule has 0 unspecified atom stereocenters. The summed E-state index contributed by atoms with van der Waals surface area (Å²) in [6.45, 7) is 2.44. The Morgan fingerprint density at radius 1 is 1.17 bits per heavy atom. The normalized spacial score (nSPS) is 4.00. The fourth-order valence-corrected chi connectivity index (χ4v) is 0. The molecule has 0 radical (unpaired) electrons. The maximum Gasteiger partial charge on any atom is 1.00 e. The summed E-state index contributed by atoms with van der Waals surface area (Å²) in [5.74, 6) is -1.33. The minimum atomic E-state index is -1.33. The van der Waals surface area contributed by atoms with E-state index in [4.69, 9.17) is 10.2 Å². The smallest absolute Gasteiger partial charge is 0.884 e. The first-order chi connectivity index (χ1) is 1.73. The van der Waals surface area contributed by atoms with E-state index >= 15 is 0 Å². The maximum absolute atomic E-state index is 8.78. The molecule has 0 aliphatic rings. The molecule has 0 aromatic carbocycles. The summed E-state index contributed by atoms with van der Waals surface area (Å²) < 4.78 is 0. The van der Waals surface area contributed by atoms with Crippen LogP contribution in [0.5, 0.6) is 0 Å². The Kier molecular flexibility index (Phi) is 25.1. The van der Waals surface area contributed by atoms with Crippen LogP contribution < -0.4 is 69.3 Å². The van der Waals surface area contributed by atoms with Gasteiger partial charge in [-0.15, -0.1) is 6.58 Å². The summed E-state index contributed by atoms with van der Waals surface area (Å²) in [6.07, 6.45) is 0. The summed E-state index contributed by atoms with van der Waals surface area (Å²) in [4.78, 5) is 0. The third-order valence-corrected chi connectivity index (χ3v) is 0. The molecule has 6 heavy (non-hydrogen) atoms. The predicted molar refractivity (Wildman–Crippen MR) is 9.14 cm³/mol. The summed E-state index contributed by atoms with van der Waals surface area (Å²) in [5, 5.41) is 17.6. The second kappa shape index (κ2) is 9.60. The molecular formula is C2H2Na2O2. The van der Waals surface area contributed by atoms with Gasteiger partial charge in [-0.05, 0) is 0 Å². The van der Waals surface area contributed by atoms with E-state index in [0.717, 1.165) is 0 Å². The molecule has 0 aromatic rings. The van der Waals surface area contributed by atoms with Gasteiger partial charge in [-0.3, -0.25) is 0 Å². The van der Waals surface area contributed by atoms with Gasteiger partial charge in [-0.1, -0.05) is 0 Å². The van der Waals surface area contributed by atoms with Gasteiger partial charge in [0.05, 0.1) is 0 Å². The van der Waals surface area contributed by atoms with Gasteiger partial charge in [0.1, 0.15) is 0 Å². The molecule has 0 saturated carbocycles. The van der Waals surface area contributed by atoms with Gasteiger partial charge in [-0.25, -0.2) is 5.95 Å². The Balaban J connectivity index is -0.0000000450. The maximum atomic E-state index is 8.78. The number of hydrogen-bond donors (Lipinski definition) is 0. The molecule has 0 N–H and O–H groups in total. The minimum Gasteiger partial charge on any atom is -0.884 e. The molecule has 0 aliphatic heterocycles. The minimum absolute atomic E-state index is 0. The van der Waals surface area contributed by atoms with Crippen LogP contribution in [-0.2, 0) is 0 Å². The van der Waals surface area contributed by atoms with E-state index in [2.05, 4.69) is 6.58 Å². The molecule has 0 saturated heterocycles. The second-order valence-electron chi connectivity index (χ2n) is 0.372. The first kappa shape index (κ1) is 15.7. The third-order valence-electron chi connectivity index (χ3n) is 0. The van der Waals surface area contributed by atoms with E-state index in [1.807, 2.05) is 0 Å². The number of rotatable bonds is 0. The molecule has 2 nitrogen and oxygen atoms in total. The fourth-order valence-electron chi connectivity index (χ4n) is 0. The van der Waals surface area contributed by atoms with Crippen LogP contribution in [0.3, 0.4) is 0 Å². The van der Waals surface area contributed by atoms with E-state index in [1.54, 1.807) is 0 Å². The predicted octanol–water partition coefficient (Wildman–Crippen LogP) is -7.81. The van der Waals surface area contributed by atoms with Gasteiger partial charge in [0.15, 0.2) is 0 Å². The first-order valence-corrected chi connectivity index (χ1v) is 0.762. The van der Waals surface area contributed by atoms with Crippen LogP contribution in [0.15, 0.2) is 12.5 Å². The molecule has 0 spiro atoms. The third kappa shape index (κ3) is 56.0. The molecule has 4 heteroatoms. The molecule has 0 rings (SSSR count). The molecule has 0 atom stereocenters. The SMILES string of the molecule is C=C([O-])[O-].[Na+].[Na+]. The Morgan fingerprint density at radius 3 is 1.17 bits per heavy atom. The van der Waals surface area contributed by atoms with Crippen LogP contribution in [0, 0.1) is 0 Å². The van der Waals surface area contributed by atoms with Gasteiger partial charge in [-0.2, -0.15) is 0 Å². The Morgan fingerprint density at radius 2 is 1.17 bits per heavy atom. The summed E-state index contributed by atoms with van der Waals surface area (Å²) >= 11 is 0. The number of hydrogen-bond acceptors (Lipinski definition) is 2. The van der Waals surface area contributed by atoms with Crippen LogP contribution >= 0.6 is 0 Å². The van der Waals surface area contributed by atoms with Crippen molar-refractivity contribution in [2.24, 2.45) is 0 Å². The van der Waals surface area contributed by atoms with E-state index < -0.39 is 5.95 Å². The molecular weight excluding hydrogens is 102 g/mol. The van der Waals surface area contributed by atoms with Crippen molar-refractivity contribution in [3.63, 3.8) is 0 Å². The van der Waals surface area contributed by atoms with Gasteiger partial charge >= 0.3 is 59.1 Å². The Bertz CT molecular complexity index is 32.5. The zero-order chi connectivity index (χ0) is 3.58. The van der Waals surface area contributed by atoms with Crippen molar-refractivity contribution < 1.29 is 69.3 Å². The topological polar surface area (TPSA) is 46.1 Å². The van der Waals surface area contributed by atoms with Crippen LogP contribution in [0.25, 0.3) is 0 Å². The molecule has 0 aromatic heterocycles. The average Bonchev–Trinajstić information content (AvgIpc) is 0.811. The molecule has 24 valence electrons. The molecule has 0 amide bonds. The zero-order valence-corrected chi connectivity index (χ0v) is 8.02. The van der Waals surface area contributed by atoms with Crippen molar-refractivity contribution in [3.8, 4) is 0 Å². The molecule has 0 fully saturated rings. The monoisotopic (exact) mass is 104 g/mol. The quantitative estimate of drug-likeness (QED) is 0.226. The van der Waals surface area contributed by atoms with Crippen LogP contribution in [0.4, 0.5) is 0 Å². The summed E-state index contributed by atoms with van der Waals surface area (Å²) in [6, 6.07) is 0. The van der Waals surface area contributed by atoms with Crippen LogP contribution in [0.1, 0.15) is 0 Å². The van der Waals surface area contributed by atoms with Crippen LogP contribution in [0.2, 0.25) is 0 Å². The van der Waals surface area contributed by atoms with Gasteiger partial charge < -0.3 is 10.2 Å². The molecule has 0 aliphatic carbocycles.